The van der Waals surface area contributed by atoms with Crippen LogP contribution >= 0.6 is 22.9 Å². The largest absolute Gasteiger partial charge is 0.327 e. The fourth-order valence-electron chi connectivity index (χ4n) is 2.92. The van der Waals surface area contributed by atoms with Crippen LogP contribution in [0.5, 0.6) is 0 Å². The van der Waals surface area contributed by atoms with Crippen LogP contribution in [0.1, 0.15) is 20.9 Å². The third kappa shape index (κ3) is 2.83. The van der Waals surface area contributed by atoms with Crippen molar-refractivity contribution >= 4 is 56.1 Å². The van der Waals surface area contributed by atoms with Crippen LogP contribution < -0.4 is 16.4 Å². The summed E-state index contributed by atoms with van der Waals surface area (Å²) >= 11 is 6.93. The first-order valence-electron chi connectivity index (χ1n) is 8.10. The summed E-state index contributed by atoms with van der Waals surface area (Å²) in [6.45, 7) is 3.40. The summed E-state index contributed by atoms with van der Waals surface area (Å²) in [4.78, 5) is 40.5. The van der Waals surface area contributed by atoms with E-state index < -0.39 is 5.91 Å². The van der Waals surface area contributed by atoms with Crippen LogP contribution in [0.25, 0.3) is 15.9 Å². The highest BCUT2D eigenvalue weighted by molar-refractivity contribution is 7.20. The van der Waals surface area contributed by atoms with E-state index in [-0.39, 0.29) is 16.1 Å². The Hall–Kier alpha value is -3.24. The maximum atomic E-state index is 12.9. The summed E-state index contributed by atoms with van der Waals surface area (Å²) in [6.07, 6.45) is 0. The molecule has 0 unspecified atom stereocenters. The molecule has 9 nitrogen and oxygen atoms in total. The molecule has 1 amide bonds. The van der Waals surface area contributed by atoms with Crippen LogP contribution in [-0.4, -0.2) is 20.5 Å². The number of hydrogen-bond acceptors (Lipinski definition) is 7. The highest BCUT2D eigenvalue weighted by Gasteiger charge is 2.22. The molecule has 0 fully saturated rings. The van der Waals surface area contributed by atoms with Crippen molar-refractivity contribution in [2.45, 2.75) is 13.8 Å². The van der Waals surface area contributed by atoms with Crippen molar-refractivity contribution in [1.82, 2.24) is 14.6 Å². The lowest BCUT2D eigenvalue weighted by Crippen LogP contribution is -2.24. The molecule has 28 heavy (non-hydrogen) atoms. The number of nitrogens with zero attached hydrogens (tertiary/aromatic N) is 3. The van der Waals surface area contributed by atoms with Crippen molar-refractivity contribution in [3.8, 4) is 0 Å². The first kappa shape index (κ1) is 18.1. The summed E-state index contributed by atoms with van der Waals surface area (Å²) in [7, 11) is 0. The Morgan fingerprint density at radius 1 is 1.25 bits per heavy atom. The second-order valence-corrected chi connectivity index (χ2v) is 7.52. The zero-order valence-corrected chi connectivity index (χ0v) is 16.2. The molecule has 0 bridgehead atoms. The number of carbonyl (C=O) groups excluding carboxylic acids is 1. The molecule has 0 aliphatic carbocycles. The summed E-state index contributed by atoms with van der Waals surface area (Å²) in [6, 6.07) is 6.98. The molecule has 11 heteroatoms. The number of anilines is 2. The highest BCUT2D eigenvalue weighted by Crippen LogP contribution is 2.33. The molecule has 0 saturated heterocycles. The van der Waals surface area contributed by atoms with Gasteiger partial charge >= 0.3 is 5.91 Å². The fraction of sp³-hybridized carbons (Fsp3) is 0.118. The number of amides is 1. The van der Waals surface area contributed by atoms with Crippen LogP contribution in [0.15, 0.2) is 34.2 Å². The van der Waals surface area contributed by atoms with Gasteiger partial charge in [-0.25, -0.2) is 4.98 Å². The van der Waals surface area contributed by atoms with Crippen molar-refractivity contribution in [3.63, 3.8) is 0 Å². The van der Waals surface area contributed by atoms with Crippen molar-refractivity contribution in [3.05, 3.63) is 60.7 Å². The van der Waals surface area contributed by atoms with Gasteiger partial charge in [0.05, 0.1) is 16.8 Å². The molecule has 3 heterocycles. The lowest BCUT2D eigenvalue weighted by atomic mass is 10.2. The Kier molecular flexibility index (Phi) is 4.36. The fourth-order valence-corrected chi connectivity index (χ4v) is 4.11. The van der Waals surface area contributed by atoms with Gasteiger partial charge in [-0.3, -0.25) is 20.1 Å². The van der Waals surface area contributed by atoms with E-state index in [1.165, 1.54) is 4.52 Å². The van der Waals surface area contributed by atoms with Gasteiger partial charge < -0.3 is 5.43 Å². The van der Waals surface area contributed by atoms with Gasteiger partial charge in [0.15, 0.2) is 5.65 Å². The van der Waals surface area contributed by atoms with Crippen molar-refractivity contribution in [2.75, 3.05) is 10.9 Å². The van der Waals surface area contributed by atoms with Gasteiger partial charge in [0, 0.05) is 10.2 Å². The van der Waals surface area contributed by atoms with Crippen LogP contribution in [0.3, 0.4) is 0 Å². The van der Waals surface area contributed by atoms with Gasteiger partial charge in [0.1, 0.15) is 15.4 Å². The smallest absolute Gasteiger partial charge is 0.301 e. The monoisotopic (exact) mass is 416 g/mol. The second-order valence-electron chi connectivity index (χ2n) is 6.06. The molecule has 0 radical (unpaired) electrons. The van der Waals surface area contributed by atoms with Gasteiger partial charge in [0.2, 0.25) is 0 Å². The predicted molar refractivity (Wildman–Crippen MR) is 109 cm³/mol. The average Bonchev–Trinajstić information content (AvgIpc) is 3.19. The Morgan fingerprint density at radius 3 is 2.64 bits per heavy atom. The molecule has 0 saturated carbocycles. The predicted octanol–water partition coefficient (Wildman–Crippen LogP) is 3.85. The minimum atomic E-state index is -0.838. The third-order valence-corrected chi connectivity index (χ3v) is 5.74. The van der Waals surface area contributed by atoms with Crippen LogP contribution in [0, 0.1) is 18.8 Å². The summed E-state index contributed by atoms with van der Waals surface area (Å²) in [5.41, 5.74) is 7.89. The zero-order chi connectivity index (χ0) is 20.0. The number of halogens is 1. The number of carbonyl (C=O) groups is 1. The van der Waals surface area contributed by atoms with Gasteiger partial charge in [-0.2, -0.15) is 4.52 Å². The lowest BCUT2D eigenvalue weighted by Gasteiger charge is -2.11. The first-order valence-corrected chi connectivity index (χ1v) is 9.30. The second kappa shape index (κ2) is 6.73. The van der Waals surface area contributed by atoms with Gasteiger partial charge in [-0.1, -0.05) is 11.6 Å². The number of nitroso groups, excluding NO2 is 1. The summed E-state index contributed by atoms with van der Waals surface area (Å²) < 4.78 is 1.30. The number of hydrogen-bond donors (Lipinski definition) is 3. The molecular formula is C17H13ClN6O3S. The molecule has 142 valence electrons. The van der Waals surface area contributed by atoms with Crippen LogP contribution in [0.4, 0.5) is 11.4 Å². The van der Waals surface area contributed by atoms with Gasteiger partial charge in [0.25, 0.3) is 5.56 Å². The number of H-pyrrole nitrogens is 1. The minimum Gasteiger partial charge on any atom is -0.301 e. The number of thiophene rings is 1. The molecule has 1 aromatic carbocycles. The van der Waals surface area contributed by atoms with Crippen LogP contribution in [-0.2, 0) is 0 Å². The number of aromatic nitrogens is 3. The normalized spacial score (nSPS) is 11.1. The number of fused-ring (bicyclic) bond motifs is 3. The molecule has 3 aromatic heterocycles. The number of aromatic amines is 1. The van der Waals surface area contributed by atoms with E-state index in [9.17, 15) is 14.5 Å². The topological polar surface area (TPSA) is 121 Å². The molecule has 0 atom stereocenters. The summed E-state index contributed by atoms with van der Waals surface area (Å²) in [5, 5.41) is 6.64. The standard InChI is InChI=1S/C17H13ClN6O3S/c1-7-11-14-19-8(2)12(21-20-10-5-3-9(18)4-6-10)17(26)24(14)22-16(11)28-13(7)15(25)23-27/h3-6,20-22H,1-2H3. The van der Waals surface area contributed by atoms with E-state index in [0.717, 1.165) is 17.0 Å². The number of aryl methyl sites for hydroxylation is 2. The SMILES string of the molecule is Cc1nc2c3c(C)c(C(=O)N=O)sc3[nH]n2c(=O)c1NNc1ccc(Cl)cc1. The van der Waals surface area contributed by atoms with E-state index in [4.69, 9.17) is 11.6 Å². The van der Waals surface area contributed by atoms with E-state index in [0.29, 0.717) is 32.1 Å². The Balaban J connectivity index is 1.79. The van der Waals surface area contributed by atoms with Gasteiger partial charge in [-0.05, 0) is 43.7 Å². The number of hydrazine groups is 1. The van der Waals surface area contributed by atoms with Crippen molar-refractivity contribution in [1.29, 1.82) is 0 Å². The average molecular weight is 417 g/mol. The summed E-state index contributed by atoms with van der Waals surface area (Å²) in [5.74, 6) is -0.838. The van der Waals surface area contributed by atoms with Crippen LogP contribution in [0.2, 0.25) is 5.02 Å². The Morgan fingerprint density at radius 2 is 1.96 bits per heavy atom. The first-order chi connectivity index (χ1) is 13.4. The lowest BCUT2D eigenvalue weighted by molar-refractivity contribution is 0.100. The number of rotatable bonds is 4. The van der Waals surface area contributed by atoms with E-state index >= 15 is 0 Å². The Bertz CT molecular complexity index is 1300. The molecule has 4 rings (SSSR count). The molecule has 4 aromatic rings. The highest BCUT2D eigenvalue weighted by atomic mass is 35.5. The third-order valence-electron chi connectivity index (χ3n) is 4.30. The van der Waals surface area contributed by atoms with Crippen molar-refractivity contribution < 1.29 is 4.79 Å². The van der Waals surface area contributed by atoms with E-state index in [1.54, 1.807) is 38.1 Å². The molecule has 0 spiro atoms. The molecule has 3 N–H and O–H groups in total. The maximum absolute atomic E-state index is 12.9. The Labute approximate surface area is 166 Å². The molecular weight excluding hydrogens is 404 g/mol. The quantitative estimate of drug-likeness (QED) is 0.343. The molecule has 0 aliphatic heterocycles. The van der Waals surface area contributed by atoms with Gasteiger partial charge in [-0.15, -0.1) is 16.2 Å². The maximum Gasteiger partial charge on any atom is 0.327 e. The number of benzene rings is 1. The minimum absolute atomic E-state index is 0.234. The van der Waals surface area contributed by atoms with E-state index in [2.05, 4.69) is 26.1 Å². The zero-order valence-electron chi connectivity index (χ0n) is 14.7. The van der Waals surface area contributed by atoms with Crippen molar-refractivity contribution in [2.24, 2.45) is 5.18 Å². The number of nitrogens with one attached hydrogen (secondary N) is 3. The molecule has 0 aliphatic rings. The van der Waals surface area contributed by atoms with E-state index in [1.807, 2.05) is 0 Å².